The number of hydrogen-bond donors (Lipinski definition) is 0. The fourth-order valence-corrected chi connectivity index (χ4v) is 8.99. The van der Waals surface area contributed by atoms with Crippen molar-refractivity contribution in [3.8, 4) is 0 Å². The van der Waals surface area contributed by atoms with Gasteiger partial charge in [0.1, 0.15) is 8.07 Å². The van der Waals surface area contributed by atoms with Crippen LogP contribution in [0.5, 0.6) is 0 Å². The molecule has 86 valence electrons. The summed E-state index contributed by atoms with van der Waals surface area (Å²) in [5.74, 6) is 0. The van der Waals surface area contributed by atoms with Crippen molar-refractivity contribution in [3.05, 3.63) is 60.2 Å². The summed E-state index contributed by atoms with van der Waals surface area (Å²) in [6.45, 7) is 4.98. The number of hydrogen-bond acceptors (Lipinski definition) is 1. The molecule has 0 aromatic heterocycles. The normalized spacial score (nSPS) is 21.2. The maximum Gasteiger partial charge on any atom is 0.101 e. The van der Waals surface area contributed by atoms with Crippen LogP contribution in [0.1, 0.15) is 10.4 Å². The second-order valence-corrected chi connectivity index (χ2v) is 11.3. The van der Waals surface area contributed by atoms with Gasteiger partial charge in [0, 0.05) is 9.77 Å². The quantitative estimate of drug-likeness (QED) is 0.695. The summed E-state index contributed by atoms with van der Waals surface area (Å²) in [6.07, 6.45) is 0. The van der Waals surface area contributed by atoms with Gasteiger partial charge in [-0.1, -0.05) is 61.6 Å². The Morgan fingerprint density at radius 2 is 1.53 bits per heavy atom. The second-order valence-electron chi connectivity index (χ2n) is 5.13. The minimum Gasteiger partial charge on any atom is -0.121 e. The van der Waals surface area contributed by atoms with E-state index in [1.807, 2.05) is 0 Å². The zero-order valence-corrected chi connectivity index (χ0v) is 12.0. The monoisotopic (exact) mass is 256 g/mol. The van der Waals surface area contributed by atoms with Crippen LogP contribution < -0.4 is 5.19 Å². The average Bonchev–Trinajstić information content (AvgIpc) is 2.63. The lowest BCUT2D eigenvalue weighted by molar-refractivity contribution is 1.30. The molecule has 0 aliphatic carbocycles. The SMILES string of the molecule is C[Si]1(C)c2ccccc2S[C@@H]1c1ccccc1. The molecular formula is C15H16SSi. The summed E-state index contributed by atoms with van der Waals surface area (Å²) >= 11 is 2.06. The Balaban J connectivity index is 2.07. The average molecular weight is 256 g/mol. The Hall–Kier alpha value is -0.993. The first-order valence-electron chi connectivity index (χ1n) is 6.01. The summed E-state index contributed by atoms with van der Waals surface area (Å²) in [4.78, 5) is 2.17. The Bertz CT molecular complexity index is 534. The highest BCUT2D eigenvalue weighted by Crippen LogP contribution is 2.47. The van der Waals surface area contributed by atoms with E-state index in [1.54, 1.807) is 5.19 Å². The third kappa shape index (κ3) is 1.76. The van der Waals surface area contributed by atoms with E-state index in [0.29, 0.717) is 4.87 Å². The van der Waals surface area contributed by atoms with Crippen LogP contribution >= 0.6 is 11.8 Å². The van der Waals surface area contributed by atoms with Crippen molar-refractivity contribution in [1.82, 2.24) is 0 Å². The zero-order valence-electron chi connectivity index (χ0n) is 10.2. The number of benzene rings is 2. The third-order valence-corrected chi connectivity index (χ3v) is 10.5. The van der Waals surface area contributed by atoms with Gasteiger partial charge in [0.05, 0.1) is 0 Å². The molecule has 3 rings (SSSR count). The van der Waals surface area contributed by atoms with Gasteiger partial charge in [-0.15, -0.1) is 11.8 Å². The molecular weight excluding hydrogens is 240 g/mol. The summed E-state index contributed by atoms with van der Waals surface area (Å²) in [7, 11) is -1.37. The Morgan fingerprint density at radius 3 is 2.24 bits per heavy atom. The van der Waals surface area contributed by atoms with Crippen LogP contribution in [0.15, 0.2) is 59.5 Å². The van der Waals surface area contributed by atoms with E-state index in [1.165, 1.54) is 10.5 Å². The first-order chi connectivity index (χ1) is 8.19. The first-order valence-corrected chi connectivity index (χ1v) is 9.96. The first kappa shape index (κ1) is 11.1. The summed E-state index contributed by atoms with van der Waals surface area (Å²) in [6, 6.07) is 19.9. The summed E-state index contributed by atoms with van der Waals surface area (Å²) in [5.41, 5.74) is 1.49. The number of thioether (sulfide) groups is 1. The van der Waals surface area contributed by atoms with E-state index in [4.69, 9.17) is 0 Å². The molecule has 1 aliphatic heterocycles. The largest absolute Gasteiger partial charge is 0.121 e. The van der Waals surface area contributed by atoms with Crippen molar-refractivity contribution >= 4 is 25.0 Å². The fourth-order valence-electron chi connectivity index (χ4n) is 2.63. The molecule has 17 heavy (non-hydrogen) atoms. The van der Waals surface area contributed by atoms with Crippen molar-refractivity contribution in [2.24, 2.45) is 0 Å². The van der Waals surface area contributed by atoms with Gasteiger partial charge in [-0.2, -0.15) is 0 Å². The smallest absolute Gasteiger partial charge is 0.101 e. The highest BCUT2D eigenvalue weighted by Gasteiger charge is 2.42. The molecule has 1 heterocycles. The van der Waals surface area contributed by atoms with Crippen LogP contribution in [0.4, 0.5) is 0 Å². The minimum atomic E-state index is -1.37. The van der Waals surface area contributed by atoms with Crippen molar-refractivity contribution in [1.29, 1.82) is 0 Å². The molecule has 2 heteroatoms. The maximum atomic E-state index is 2.49. The molecule has 0 unspecified atom stereocenters. The van der Waals surface area contributed by atoms with Crippen LogP contribution in [-0.4, -0.2) is 8.07 Å². The van der Waals surface area contributed by atoms with Gasteiger partial charge in [-0.05, 0) is 16.8 Å². The predicted octanol–water partition coefficient (Wildman–Crippen LogP) is 3.99. The zero-order chi connectivity index (χ0) is 11.9. The van der Waals surface area contributed by atoms with Gasteiger partial charge in [-0.25, -0.2) is 0 Å². The van der Waals surface area contributed by atoms with E-state index < -0.39 is 8.07 Å². The van der Waals surface area contributed by atoms with E-state index in [-0.39, 0.29) is 0 Å². The maximum absolute atomic E-state index is 2.49. The Kier molecular flexibility index (Phi) is 2.64. The molecule has 0 nitrogen and oxygen atoms in total. The molecule has 0 N–H and O–H groups in total. The van der Waals surface area contributed by atoms with Gasteiger partial charge in [0.25, 0.3) is 0 Å². The molecule has 0 saturated heterocycles. The van der Waals surface area contributed by atoms with Crippen molar-refractivity contribution in [2.75, 3.05) is 0 Å². The van der Waals surface area contributed by atoms with E-state index in [9.17, 15) is 0 Å². The van der Waals surface area contributed by atoms with E-state index in [0.717, 1.165) is 0 Å². The molecule has 0 radical (unpaired) electrons. The van der Waals surface area contributed by atoms with Crippen LogP contribution in [0.3, 0.4) is 0 Å². The molecule has 0 fully saturated rings. The van der Waals surface area contributed by atoms with Gasteiger partial charge >= 0.3 is 0 Å². The minimum absolute atomic E-state index is 0.668. The lowest BCUT2D eigenvalue weighted by atomic mass is 10.2. The fraction of sp³-hybridized carbons (Fsp3) is 0.200. The molecule has 0 bridgehead atoms. The lowest BCUT2D eigenvalue weighted by Gasteiger charge is -2.25. The van der Waals surface area contributed by atoms with Gasteiger partial charge < -0.3 is 0 Å². The molecule has 2 aromatic rings. The van der Waals surface area contributed by atoms with Gasteiger partial charge in [-0.3, -0.25) is 0 Å². The van der Waals surface area contributed by atoms with Gasteiger partial charge in [0.15, 0.2) is 0 Å². The van der Waals surface area contributed by atoms with Crippen LogP contribution in [0.2, 0.25) is 13.1 Å². The Labute approximate surface area is 108 Å². The number of fused-ring (bicyclic) bond motifs is 1. The number of rotatable bonds is 1. The van der Waals surface area contributed by atoms with Crippen LogP contribution in [0, 0.1) is 0 Å². The molecule has 1 aliphatic rings. The molecule has 0 saturated carbocycles. The summed E-state index contributed by atoms with van der Waals surface area (Å²) < 4.78 is 0. The Morgan fingerprint density at radius 1 is 0.882 bits per heavy atom. The summed E-state index contributed by atoms with van der Waals surface area (Å²) in [5, 5.41) is 1.62. The molecule has 0 spiro atoms. The topological polar surface area (TPSA) is 0 Å². The predicted molar refractivity (Wildman–Crippen MR) is 78.6 cm³/mol. The molecule has 0 amide bonds. The standard InChI is InChI=1S/C15H16SSi/c1-17(2)14-11-7-6-10-13(14)16-15(17)12-8-4-3-5-9-12/h3-11,15H,1-2H3/t15-/m0/s1. The molecule has 2 aromatic carbocycles. The van der Waals surface area contributed by atoms with Crippen molar-refractivity contribution < 1.29 is 0 Å². The van der Waals surface area contributed by atoms with Crippen LogP contribution in [-0.2, 0) is 0 Å². The van der Waals surface area contributed by atoms with E-state index in [2.05, 4.69) is 79.5 Å². The highest BCUT2D eigenvalue weighted by atomic mass is 32.2. The third-order valence-electron chi connectivity index (χ3n) is 3.58. The van der Waals surface area contributed by atoms with Crippen molar-refractivity contribution in [2.45, 2.75) is 22.9 Å². The van der Waals surface area contributed by atoms with Gasteiger partial charge in [0.2, 0.25) is 0 Å². The lowest BCUT2D eigenvalue weighted by Crippen LogP contribution is -2.42. The van der Waals surface area contributed by atoms with Crippen LogP contribution in [0.25, 0.3) is 0 Å². The van der Waals surface area contributed by atoms with Crippen molar-refractivity contribution in [3.63, 3.8) is 0 Å². The molecule has 1 atom stereocenters. The van der Waals surface area contributed by atoms with E-state index >= 15 is 0 Å². The second kappa shape index (κ2) is 4.04. The highest BCUT2D eigenvalue weighted by molar-refractivity contribution is 8.02.